The van der Waals surface area contributed by atoms with Crippen LogP contribution in [0.3, 0.4) is 0 Å². The number of benzene rings is 1. The van der Waals surface area contributed by atoms with E-state index in [1.165, 1.54) is 0 Å². The molecule has 4 nitrogen and oxygen atoms in total. The summed E-state index contributed by atoms with van der Waals surface area (Å²) in [5, 5.41) is 0. The van der Waals surface area contributed by atoms with E-state index in [-0.39, 0.29) is 0 Å². The van der Waals surface area contributed by atoms with Crippen molar-refractivity contribution < 1.29 is 4.21 Å². The second-order valence-corrected chi connectivity index (χ2v) is 6.27. The van der Waals surface area contributed by atoms with Gasteiger partial charge in [0.05, 0.1) is 4.90 Å². The average Bonchev–Trinajstić information content (AvgIpc) is 2.37. The van der Waals surface area contributed by atoms with Crippen LogP contribution in [-0.2, 0) is 9.92 Å². The zero-order valence-corrected chi connectivity index (χ0v) is 12.0. The molecule has 0 saturated carbocycles. The van der Waals surface area contributed by atoms with Crippen molar-refractivity contribution in [3.8, 4) is 0 Å². The lowest BCUT2D eigenvalue weighted by Gasteiger charge is -2.12. The number of unbranched alkanes of at least 4 members (excludes halogenated alkanes) is 1. The lowest BCUT2D eigenvalue weighted by Crippen LogP contribution is -2.25. The summed E-state index contributed by atoms with van der Waals surface area (Å²) in [4.78, 5) is 0.673. The summed E-state index contributed by atoms with van der Waals surface area (Å²) >= 11 is 0. The van der Waals surface area contributed by atoms with Gasteiger partial charge in [0, 0.05) is 18.8 Å². The zero-order chi connectivity index (χ0) is 13.4. The molecule has 0 bridgehead atoms. The molecule has 1 atom stereocenters. The first kappa shape index (κ1) is 15.0. The molecule has 0 aliphatic rings. The molecule has 0 aliphatic heterocycles. The van der Waals surface area contributed by atoms with Gasteiger partial charge in [-0.1, -0.05) is 26.3 Å². The first-order valence-electron chi connectivity index (χ1n) is 6.45. The third-order valence-electron chi connectivity index (χ3n) is 2.50. The molecule has 18 heavy (non-hydrogen) atoms. The van der Waals surface area contributed by atoms with Gasteiger partial charge >= 0.3 is 0 Å². The number of anilines is 1. The second-order valence-electron chi connectivity index (χ2n) is 4.20. The molecule has 0 spiro atoms. The van der Waals surface area contributed by atoms with Crippen LogP contribution in [0.1, 0.15) is 33.1 Å². The molecule has 0 fully saturated rings. The minimum atomic E-state index is -2.53. The van der Waals surface area contributed by atoms with E-state index in [0.29, 0.717) is 23.7 Å². The van der Waals surface area contributed by atoms with Crippen molar-refractivity contribution in [3.05, 3.63) is 24.3 Å². The Kier molecular flexibility index (Phi) is 6.15. The zero-order valence-electron chi connectivity index (χ0n) is 11.2. The van der Waals surface area contributed by atoms with Gasteiger partial charge in [-0.15, -0.1) is 0 Å². The molecule has 0 aromatic heterocycles. The number of nitrogens with zero attached hydrogens (tertiary/aromatic N) is 1. The Labute approximate surface area is 110 Å². The predicted octanol–water partition coefficient (Wildman–Crippen LogP) is 2.81. The molecular formula is C13H23N3OS. The monoisotopic (exact) mass is 269 g/mol. The molecule has 102 valence electrons. The van der Waals surface area contributed by atoms with Gasteiger partial charge in [-0.05, 0) is 31.0 Å². The molecule has 0 amide bonds. The standard InChI is InChI=1S/C13H23N3OS/c1-3-5-10-16-18(17,15-9-4-2)13-8-6-7-12(14)11-13/h6-8,11H,3-5,9-10,14H2,1-2H3,(H,15,16,17). The van der Waals surface area contributed by atoms with E-state index < -0.39 is 9.92 Å². The summed E-state index contributed by atoms with van der Waals surface area (Å²) < 4.78 is 20.2. The van der Waals surface area contributed by atoms with Crippen LogP contribution in [-0.4, -0.2) is 17.3 Å². The minimum absolute atomic E-state index is 0.590. The Morgan fingerprint density at radius 1 is 1.33 bits per heavy atom. The van der Waals surface area contributed by atoms with Crippen LogP contribution in [0.25, 0.3) is 0 Å². The number of nitrogens with two attached hydrogens (primary N) is 1. The maximum atomic E-state index is 12.8. The van der Waals surface area contributed by atoms with E-state index in [1.807, 2.05) is 19.1 Å². The van der Waals surface area contributed by atoms with E-state index in [1.54, 1.807) is 12.1 Å². The predicted molar refractivity (Wildman–Crippen MR) is 77.8 cm³/mol. The van der Waals surface area contributed by atoms with Crippen molar-refractivity contribution in [2.45, 2.75) is 38.0 Å². The molecule has 1 aromatic rings. The van der Waals surface area contributed by atoms with Crippen molar-refractivity contribution in [1.82, 2.24) is 4.72 Å². The van der Waals surface area contributed by atoms with Gasteiger partial charge in [0.25, 0.3) is 0 Å². The first-order valence-corrected chi connectivity index (χ1v) is 7.97. The highest BCUT2D eigenvalue weighted by atomic mass is 32.2. The van der Waals surface area contributed by atoms with Gasteiger partial charge in [0.2, 0.25) is 0 Å². The minimum Gasteiger partial charge on any atom is -0.399 e. The van der Waals surface area contributed by atoms with Gasteiger partial charge < -0.3 is 5.73 Å². The Morgan fingerprint density at radius 3 is 2.72 bits per heavy atom. The SMILES string of the molecule is CCCCNS(=O)(=NCCC)c1cccc(N)c1. The van der Waals surface area contributed by atoms with Crippen molar-refractivity contribution in [1.29, 1.82) is 0 Å². The lowest BCUT2D eigenvalue weighted by atomic mass is 10.3. The molecule has 1 unspecified atom stereocenters. The van der Waals surface area contributed by atoms with Gasteiger partial charge in [-0.3, -0.25) is 0 Å². The third-order valence-corrected chi connectivity index (χ3v) is 4.54. The first-order chi connectivity index (χ1) is 8.62. The Morgan fingerprint density at radius 2 is 2.11 bits per heavy atom. The van der Waals surface area contributed by atoms with Crippen LogP contribution in [0.5, 0.6) is 0 Å². The van der Waals surface area contributed by atoms with Crippen molar-refractivity contribution in [2.24, 2.45) is 4.36 Å². The highest BCUT2D eigenvalue weighted by Crippen LogP contribution is 2.15. The van der Waals surface area contributed by atoms with Crippen LogP contribution in [0.2, 0.25) is 0 Å². The summed E-state index contributed by atoms with van der Waals surface area (Å²) in [6.45, 7) is 5.42. The summed E-state index contributed by atoms with van der Waals surface area (Å²) in [5.74, 6) is 0. The van der Waals surface area contributed by atoms with Crippen LogP contribution >= 0.6 is 0 Å². The van der Waals surface area contributed by atoms with E-state index >= 15 is 0 Å². The van der Waals surface area contributed by atoms with E-state index in [0.717, 1.165) is 19.3 Å². The van der Waals surface area contributed by atoms with Crippen LogP contribution in [0.15, 0.2) is 33.5 Å². The molecule has 0 aliphatic carbocycles. The van der Waals surface area contributed by atoms with Gasteiger partial charge in [-0.25, -0.2) is 13.3 Å². The molecular weight excluding hydrogens is 246 g/mol. The summed E-state index contributed by atoms with van der Waals surface area (Å²) in [6, 6.07) is 7.15. The van der Waals surface area contributed by atoms with E-state index in [4.69, 9.17) is 5.73 Å². The van der Waals surface area contributed by atoms with E-state index in [2.05, 4.69) is 16.0 Å². The summed E-state index contributed by atoms with van der Waals surface area (Å²) in [6.07, 6.45) is 2.93. The maximum Gasteiger partial charge on any atom is 0.137 e. The summed E-state index contributed by atoms with van der Waals surface area (Å²) in [7, 11) is -2.53. The Bertz CT molecular complexity index is 479. The number of nitrogens with one attached hydrogen (secondary N) is 1. The molecule has 0 radical (unpaired) electrons. The molecule has 0 saturated heterocycles. The second kappa shape index (κ2) is 7.38. The van der Waals surface area contributed by atoms with Crippen molar-refractivity contribution in [2.75, 3.05) is 18.8 Å². The molecule has 0 heterocycles. The molecule has 3 N–H and O–H groups in total. The fourth-order valence-corrected chi connectivity index (χ4v) is 3.32. The van der Waals surface area contributed by atoms with E-state index in [9.17, 15) is 4.21 Å². The number of rotatable bonds is 7. The summed E-state index contributed by atoms with van der Waals surface area (Å²) in [5.41, 5.74) is 6.36. The van der Waals surface area contributed by atoms with Gasteiger partial charge in [-0.2, -0.15) is 0 Å². The normalized spacial score (nSPS) is 14.1. The maximum absolute atomic E-state index is 12.8. The molecule has 1 rings (SSSR count). The highest BCUT2D eigenvalue weighted by Gasteiger charge is 2.11. The van der Waals surface area contributed by atoms with Crippen molar-refractivity contribution in [3.63, 3.8) is 0 Å². The van der Waals surface area contributed by atoms with Crippen LogP contribution in [0.4, 0.5) is 5.69 Å². The number of nitrogen functional groups attached to an aromatic ring is 1. The Hall–Kier alpha value is -1.07. The fourth-order valence-electron chi connectivity index (χ4n) is 1.50. The van der Waals surface area contributed by atoms with Crippen molar-refractivity contribution >= 4 is 15.6 Å². The Balaban J connectivity index is 3.01. The van der Waals surface area contributed by atoms with Gasteiger partial charge in [0.1, 0.15) is 9.92 Å². The lowest BCUT2D eigenvalue weighted by molar-refractivity contribution is 0.655. The quantitative estimate of drug-likeness (QED) is 0.590. The molecule has 5 heteroatoms. The number of hydrogen-bond acceptors (Lipinski definition) is 3. The van der Waals surface area contributed by atoms with Gasteiger partial charge in [0.15, 0.2) is 0 Å². The largest absolute Gasteiger partial charge is 0.399 e. The topological polar surface area (TPSA) is 67.5 Å². The third kappa shape index (κ3) is 4.31. The molecule has 1 aromatic carbocycles. The highest BCUT2D eigenvalue weighted by molar-refractivity contribution is 7.91. The fraction of sp³-hybridized carbons (Fsp3) is 0.538. The smallest absolute Gasteiger partial charge is 0.137 e. The van der Waals surface area contributed by atoms with Crippen LogP contribution < -0.4 is 10.5 Å². The average molecular weight is 269 g/mol. The van der Waals surface area contributed by atoms with Crippen LogP contribution in [0, 0.1) is 0 Å². The number of hydrogen-bond donors (Lipinski definition) is 2.